The molecule has 1 aromatic carbocycles. The van der Waals surface area contributed by atoms with Gasteiger partial charge in [0, 0.05) is 5.56 Å². The van der Waals surface area contributed by atoms with Crippen LogP contribution in [0.5, 0.6) is 5.88 Å². The van der Waals surface area contributed by atoms with Crippen molar-refractivity contribution in [1.82, 2.24) is 9.97 Å². The molecule has 4 rings (SSSR count). The predicted molar refractivity (Wildman–Crippen MR) is 93.3 cm³/mol. The lowest BCUT2D eigenvalue weighted by Gasteiger charge is -2.32. The molecule has 0 saturated carbocycles. The van der Waals surface area contributed by atoms with Gasteiger partial charge < -0.3 is 5.11 Å². The van der Waals surface area contributed by atoms with E-state index >= 15 is 0 Å². The number of aryl methyl sites for hydroxylation is 1. The van der Waals surface area contributed by atoms with Crippen LogP contribution in [-0.2, 0) is 25.7 Å². The van der Waals surface area contributed by atoms with Crippen LogP contribution in [0.4, 0.5) is 0 Å². The van der Waals surface area contributed by atoms with Crippen molar-refractivity contribution in [3.8, 4) is 5.88 Å². The van der Waals surface area contributed by atoms with Crippen molar-refractivity contribution in [3.05, 3.63) is 46.1 Å². The molecule has 2 atom stereocenters. The zero-order valence-electron chi connectivity index (χ0n) is 13.7. The second kappa shape index (κ2) is 5.82. The van der Waals surface area contributed by atoms with Gasteiger partial charge in [-0.2, -0.15) is 4.98 Å². The van der Waals surface area contributed by atoms with Crippen LogP contribution in [0.25, 0.3) is 0 Å². The van der Waals surface area contributed by atoms with Gasteiger partial charge in [0.2, 0.25) is 5.88 Å². The Hall–Kier alpha value is -1.55. The van der Waals surface area contributed by atoms with Crippen molar-refractivity contribution in [2.75, 3.05) is 6.26 Å². The molecule has 0 spiro atoms. The highest BCUT2D eigenvalue weighted by Gasteiger charge is 2.32. The summed E-state index contributed by atoms with van der Waals surface area (Å²) in [6.45, 7) is 2.30. The molecule has 23 heavy (non-hydrogen) atoms. The standard InChI is InChI=1S/C19H22N2OS/c1-11-9-16-17(20-19(23-2)21-18(16)22)10-15(11)14-8-4-6-12-5-3-7-13(12)14/h4,6,8,11,15H,3,5,7,9-10H2,1-2H3,(H,20,21,22). The van der Waals surface area contributed by atoms with Crippen molar-refractivity contribution in [3.63, 3.8) is 0 Å². The van der Waals surface area contributed by atoms with E-state index in [1.54, 1.807) is 5.56 Å². The van der Waals surface area contributed by atoms with Crippen LogP contribution in [0.2, 0.25) is 0 Å². The number of hydrogen-bond acceptors (Lipinski definition) is 4. The van der Waals surface area contributed by atoms with Gasteiger partial charge in [0.1, 0.15) is 0 Å². The van der Waals surface area contributed by atoms with Gasteiger partial charge in [0.25, 0.3) is 0 Å². The number of benzene rings is 1. The molecular weight excluding hydrogens is 304 g/mol. The monoisotopic (exact) mass is 326 g/mol. The lowest BCUT2D eigenvalue weighted by molar-refractivity contribution is 0.381. The smallest absolute Gasteiger partial charge is 0.218 e. The fourth-order valence-corrected chi connectivity index (χ4v) is 4.63. The highest BCUT2D eigenvalue weighted by molar-refractivity contribution is 7.98. The zero-order valence-corrected chi connectivity index (χ0v) is 14.5. The Bertz CT molecular complexity index is 759. The van der Waals surface area contributed by atoms with Crippen molar-refractivity contribution in [1.29, 1.82) is 0 Å². The molecule has 0 radical (unpaired) electrons. The average molecular weight is 326 g/mol. The van der Waals surface area contributed by atoms with Gasteiger partial charge in [0.15, 0.2) is 5.16 Å². The Balaban J connectivity index is 1.75. The van der Waals surface area contributed by atoms with Gasteiger partial charge in [-0.1, -0.05) is 36.9 Å². The molecule has 1 heterocycles. The second-order valence-electron chi connectivity index (χ2n) is 6.79. The molecule has 0 aliphatic heterocycles. The first-order chi connectivity index (χ1) is 11.2. The number of rotatable bonds is 2. The van der Waals surface area contributed by atoms with E-state index in [0.717, 1.165) is 24.1 Å². The van der Waals surface area contributed by atoms with E-state index in [0.29, 0.717) is 17.0 Å². The number of nitrogens with zero attached hydrogens (tertiary/aromatic N) is 2. The Morgan fingerprint density at radius 1 is 1.13 bits per heavy atom. The summed E-state index contributed by atoms with van der Waals surface area (Å²) in [6.07, 6.45) is 7.45. The fourth-order valence-electron chi connectivity index (χ4n) is 4.25. The summed E-state index contributed by atoms with van der Waals surface area (Å²) in [7, 11) is 0. The van der Waals surface area contributed by atoms with E-state index < -0.39 is 0 Å². The summed E-state index contributed by atoms with van der Waals surface area (Å²) in [5, 5.41) is 10.9. The molecule has 1 aromatic heterocycles. The molecule has 1 N–H and O–H groups in total. The van der Waals surface area contributed by atoms with Crippen LogP contribution in [0.3, 0.4) is 0 Å². The summed E-state index contributed by atoms with van der Waals surface area (Å²) in [5.74, 6) is 1.19. The minimum Gasteiger partial charge on any atom is -0.493 e. The highest BCUT2D eigenvalue weighted by atomic mass is 32.2. The molecule has 120 valence electrons. The van der Waals surface area contributed by atoms with Crippen molar-refractivity contribution >= 4 is 11.8 Å². The van der Waals surface area contributed by atoms with Gasteiger partial charge in [-0.3, -0.25) is 0 Å². The van der Waals surface area contributed by atoms with E-state index in [-0.39, 0.29) is 5.88 Å². The molecule has 0 amide bonds. The summed E-state index contributed by atoms with van der Waals surface area (Å²) in [5.41, 5.74) is 6.63. The van der Waals surface area contributed by atoms with Crippen LogP contribution >= 0.6 is 11.8 Å². The second-order valence-corrected chi connectivity index (χ2v) is 7.56. The quantitative estimate of drug-likeness (QED) is 0.671. The third-order valence-electron chi connectivity index (χ3n) is 5.44. The summed E-state index contributed by atoms with van der Waals surface area (Å²) in [6, 6.07) is 6.81. The van der Waals surface area contributed by atoms with Crippen LogP contribution < -0.4 is 0 Å². The van der Waals surface area contributed by atoms with E-state index in [4.69, 9.17) is 0 Å². The van der Waals surface area contributed by atoms with E-state index in [1.807, 2.05) is 6.26 Å². The lowest BCUT2D eigenvalue weighted by Crippen LogP contribution is -2.24. The number of aromatic hydroxyl groups is 1. The topological polar surface area (TPSA) is 46.0 Å². The van der Waals surface area contributed by atoms with Gasteiger partial charge in [-0.15, -0.1) is 0 Å². The van der Waals surface area contributed by atoms with Crippen LogP contribution in [0.1, 0.15) is 47.2 Å². The lowest BCUT2D eigenvalue weighted by atomic mass is 9.74. The van der Waals surface area contributed by atoms with E-state index in [9.17, 15) is 5.11 Å². The third kappa shape index (κ3) is 2.53. The normalized spacial score (nSPS) is 22.7. The molecule has 3 nitrogen and oxygen atoms in total. The molecular formula is C19H22N2OS. The van der Waals surface area contributed by atoms with Gasteiger partial charge >= 0.3 is 0 Å². The minimum atomic E-state index is 0.183. The summed E-state index contributed by atoms with van der Waals surface area (Å²) < 4.78 is 0. The van der Waals surface area contributed by atoms with Gasteiger partial charge in [0.05, 0.1) is 5.69 Å². The first kappa shape index (κ1) is 15.0. The molecule has 2 aliphatic rings. The van der Waals surface area contributed by atoms with Gasteiger partial charge in [-0.05, 0) is 66.9 Å². The highest BCUT2D eigenvalue weighted by Crippen LogP contribution is 2.42. The predicted octanol–water partition coefficient (Wildman–Crippen LogP) is 3.91. The third-order valence-corrected chi connectivity index (χ3v) is 5.99. The number of fused-ring (bicyclic) bond motifs is 2. The molecule has 0 bridgehead atoms. The SMILES string of the molecule is CSc1nc(O)c2c(n1)CC(c1cccc3c1CCC3)C(C)C2. The largest absolute Gasteiger partial charge is 0.493 e. The minimum absolute atomic E-state index is 0.183. The Morgan fingerprint density at radius 2 is 2.00 bits per heavy atom. The first-order valence-corrected chi connectivity index (χ1v) is 9.63. The molecule has 0 fully saturated rings. The van der Waals surface area contributed by atoms with Crippen molar-refractivity contribution < 1.29 is 5.11 Å². The van der Waals surface area contributed by atoms with Crippen LogP contribution in [0.15, 0.2) is 23.4 Å². The van der Waals surface area contributed by atoms with Crippen LogP contribution in [-0.4, -0.2) is 21.3 Å². The maximum absolute atomic E-state index is 10.2. The molecule has 0 saturated heterocycles. The van der Waals surface area contributed by atoms with E-state index in [1.165, 1.54) is 42.2 Å². The van der Waals surface area contributed by atoms with Crippen molar-refractivity contribution in [2.45, 2.75) is 50.1 Å². The van der Waals surface area contributed by atoms with Crippen molar-refractivity contribution in [2.24, 2.45) is 5.92 Å². The summed E-state index contributed by atoms with van der Waals surface area (Å²) >= 11 is 1.49. The molecule has 2 aliphatic carbocycles. The Morgan fingerprint density at radius 3 is 2.83 bits per heavy atom. The Kier molecular flexibility index (Phi) is 3.80. The Labute approximate surface area is 141 Å². The van der Waals surface area contributed by atoms with Gasteiger partial charge in [-0.25, -0.2) is 4.98 Å². The van der Waals surface area contributed by atoms with Crippen LogP contribution in [0, 0.1) is 5.92 Å². The molecule has 2 unspecified atom stereocenters. The maximum Gasteiger partial charge on any atom is 0.218 e. The van der Waals surface area contributed by atoms with E-state index in [2.05, 4.69) is 35.1 Å². The fraction of sp³-hybridized carbons (Fsp3) is 0.474. The number of aromatic nitrogens is 2. The average Bonchev–Trinajstić information content (AvgIpc) is 3.03. The first-order valence-electron chi connectivity index (χ1n) is 8.40. The molecule has 2 aromatic rings. The maximum atomic E-state index is 10.2. The molecule has 4 heteroatoms. The number of thioether (sulfide) groups is 1. The number of hydrogen-bond donors (Lipinski definition) is 1. The summed E-state index contributed by atoms with van der Waals surface area (Å²) in [4.78, 5) is 8.89. The zero-order chi connectivity index (χ0) is 16.0.